The number of aromatic nitrogens is 2. The van der Waals surface area contributed by atoms with Crippen molar-refractivity contribution in [1.82, 2.24) is 20.2 Å². The third-order valence-corrected chi connectivity index (χ3v) is 4.72. The summed E-state index contributed by atoms with van der Waals surface area (Å²) in [6.45, 7) is 12.2. The number of hydrogen-bond acceptors (Lipinski definition) is 7. The van der Waals surface area contributed by atoms with E-state index in [0.717, 1.165) is 0 Å². The first-order chi connectivity index (χ1) is 15.5. The van der Waals surface area contributed by atoms with E-state index in [2.05, 4.69) is 15.3 Å². The molecule has 2 heterocycles. The van der Waals surface area contributed by atoms with Crippen molar-refractivity contribution in [3.63, 3.8) is 0 Å². The number of hydrogen-bond donors (Lipinski definition) is 2. The maximum absolute atomic E-state index is 12.7. The lowest BCUT2D eigenvalue weighted by Gasteiger charge is -2.26. The van der Waals surface area contributed by atoms with Gasteiger partial charge < -0.3 is 25.1 Å². The van der Waals surface area contributed by atoms with Gasteiger partial charge in [0.05, 0.1) is 5.92 Å². The highest BCUT2D eigenvalue weighted by atomic mass is 16.6. The van der Waals surface area contributed by atoms with E-state index >= 15 is 0 Å². The van der Waals surface area contributed by atoms with Crippen molar-refractivity contribution in [2.24, 2.45) is 11.7 Å². The van der Waals surface area contributed by atoms with Gasteiger partial charge in [0.25, 0.3) is 0 Å². The Balaban J connectivity index is 0.00000578. The van der Waals surface area contributed by atoms with Crippen LogP contribution in [0.2, 0.25) is 0 Å². The van der Waals surface area contributed by atoms with Crippen LogP contribution in [0.15, 0.2) is 40.6 Å². The molecule has 0 saturated carbocycles. The lowest BCUT2D eigenvalue weighted by atomic mass is 10.1. The molecule has 2 amide bonds. The monoisotopic (exact) mass is 473 g/mol. The number of carbonyl (C=O) groups excluding carboxylic acids is 2. The van der Waals surface area contributed by atoms with Gasteiger partial charge in [-0.1, -0.05) is 27.4 Å². The molecule has 2 aromatic heterocycles. The van der Waals surface area contributed by atoms with Crippen molar-refractivity contribution in [3.05, 3.63) is 42.1 Å². The Bertz CT molecular complexity index is 987. The summed E-state index contributed by atoms with van der Waals surface area (Å²) >= 11 is 0. The van der Waals surface area contributed by atoms with E-state index in [1.165, 1.54) is 0 Å². The van der Waals surface area contributed by atoms with Crippen molar-refractivity contribution >= 4 is 28.8 Å². The molecule has 3 N–H and O–H groups in total. The molecule has 0 fully saturated rings. The minimum atomic E-state index is -0.572. The van der Waals surface area contributed by atoms with Crippen LogP contribution < -0.4 is 11.1 Å². The van der Waals surface area contributed by atoms with Crippen molar-refractivity contribution < 1.29 is 18.7 Å². The van der Waals surface area contributed by atoms with Gasteiger partial charge in [0, 0.05) is 37.1 Å². The third kappa shape index (κ3) is 8.53. The summed E-state index contributed by atoms with van der Waals surface area (Å²) in [6.07, 6.45) is 5.40. The van der Waals surface area contributed by atoms with Gasteiger partial charge >= 0.3 is 6.09 Å². The smallest absolute Gasteiger partial charge is 0.410 e. The highest BCUT2D eigenvalue weighted by Crippen LogP contribution is 2.23. The highest BCUT2D eigenvalue weighted by Gasteiger charge is 2.21. The first kappa shape index (κ1) is 28.7. The van der Waals surface area contributed by atoms with E-state index in [1.54, 1.807) is 42.3 Å². The van der Waals surface area contributed by atoms with E-state index < -0.39 is 17.6 Å². The molecule has 0 bridgehead atoms. The number of nitrogens with two attached hydrogens (primary N) is 1. The highest BCUT2D eigenvalue weighted by molar-refractivity contribution is 5.84. The van der Waals surface area contributed by atoms with Crippen molar-refractivity contribution in [1.29, 1.82) is 0 Å². The summed E-state index contributed by atoms with van der Waals surface area (Å²) in [6, 6.07) is 3.55. The Labute approximate surface area is 202 Å². The topological polar surface area (TPSA) is 124 Å². The van der Waals surface area contributed by atoms with Gasteiger partial charge in [-0.05, 0) is 52.3 Å². The molecule has 1 unspecified atom stereocenters. The van der Waals surface area contributed by atoms with Crippen LogP contribution in [0.1, 0.15) is 61.3 Å². The van der Waals surface area contributed by atoms with Crippen LogP contribution in [0.25, 0.3) is 16.8 Å². The number of rotatable bonds is 9. The molecule has 188 valence electrons. The summed E-state index contributed by atoms with van der Waals surface area (Å²) in [5.41, 5.74) is 7.76. The molecular weight excluding hydrogens is 434 g/mol. The number of likely N-dealkylation sites (N-methyl/N-ethyl adjacent to an activating group) is 1. The predicted octanol–water partition coefficient (Wildman–Crippen LogP) is 4.50. The predicted molar refractivity (Wildman–Crippen MR) is 135 cm³/mol. The first-order valence-electron chi connectivity index (χ1n) is 11.2. The van der Waals surface area contributed by atoms with Gasteiger partial charge in [-0.25, -0.2) is 9.78 Å². The SMILES string of the molecule is C.CC/C(N)=C\C(=C/C(C)C(=O)NCCN(CC)C(=O)OC(C)(C)C)c1nc2ncccc2o1. The maximum atomic E-state index is 12.7. The zero-order chi connectivity index (χ0) is 24.6. The zero-order valence-electron chi connectivity index (χ0n) is 20.3. The second-order valence-electron chi connectivity index (χ2n) is 8.68. The van der Waals surface area contributed by atoms with E-state index in [0.29, 0.717) is 54.4 Å². The Morgan fingerprint density at radius 1 is 1.32 bits per heavy atom. The van der Waals surface area contributed by atoms with Crippen LogP contribution in [-0.2, 0) is 9.53 Å². The van der Waals surface area contributed by atoms with Gasteiger partial charge in [-0.15, -0.1) is 0 Å². The lowest BCUT2D eigenvalue weighted by molar-refractivity contribution is -0.123. The summed E-state index contributed by atoms with van der Waals surface area (Å²) in [5, 5.41) is 2.87. The molecule has 9 nitrogen and oxygen atoms in total. The Morgan fingerprint density at radius 3 is 2.62 bits per heavy atom. The second kappa shape index (κ2) is 12.8. The molecule has 1 atom stereocenters. The Hall–Kier alpha value is -3.36. The van der Waals surface area contributed by atoms with Crippen LogP contribution >= 0.6 is 0 Å². The van der Waals surface area contributed by atoms with Crippen LogP contribution in [0.5, 0.6) is 0 Å². The van der Waals surface area contributed by atoms with Crippen molar-refractivity contribution in [2.45, 2.75) is 61.0 Å². The van der Waals surface area contributed by atoms with Crippen molar-refractivity contribution in [2.75, 3.05) is 19.6 Å². The molecule has 34 heavy (non-hydrogen) atoms. The number of allylic oxidation sites excluding steroid dienone is 3. The molecule has 0 saturated heterocycles. The minimum absolute atomic E-state index is 0. The van der Waals surface area contributed by atoms with E-state index in [9.17, 15) is 9.59 Å². The molecule has 2 aromatic rings. The number of pyridine rings is 1. The zero-order valence-corrected chi connectivity index (χ0v) is 20.3. The molecule has 0 aromatic carbocycles. The molecule has 0 aliphatic carbocycles. The van der Waals surface area contributed by atoms with Crippen LogP contribution in [0.3, 0.4) is 0 Å². The fraction of sp³-hybridized carbons (Fsp3) is 0.520. The first-order valence-corrected chi connectivity index (χ1v) is 11.2. The third-order valence-electron chi connectivity index (χ3n) is 4.72. The molecule has 0 aliphatic rings. The molecule has 0 aliphatic heterocycles. The second-order valence-corrected chi connectivity index (χ2v) is 8.68. The van der Waals surface area contributed by atoms with Gasteiger partial charge in [0.2, 0.25) is 11.8 Å². The normalized spacial score (nSPS) is 13.2. The summed E-state index contributed by atoms with van der Waals surface area (Å²) < 4.78 is 11.2. The lowest BCUT2D eigenvalue weighted by Crippen LogP contribution is -2.42. The van der Waals surface area contributed by atoms with Crippen molar-refractivity contribution in [3.8, 4) is 0 Å². The molecule has 0 radical (unpaired) electrons. The van der Waals surface area contributed by atoms with E-state index in [4.69, 9.17) is 14.9 Å². The molecule has 9 heteroatoms. The summed E-state index contributed by atoms with van der Waals surface area (Å²) in [4.78, 5) is 35.1. The van der Waals surface area contributed by atoms with Crippen LogP contribution in [0.4, 0.5) is 4.79 Å². The maximum Gasteiger partial charge on any atom is 0.410 e. The Morgan fingerprint density at radius 2 is 2.03 bits per heavy atom. The summed E-state index contributed by atoms with van der Waals surface area (Å²) in [7, 11) is 0. The molecule has 0 spiro atoms. The van der Waals surface area contributed by atoms with Gasteiger partial charge in [-0.2, -0.15) is 4.98 Å². The fourth-order valence-electron chi connectivity index (χ4n) is 2.90. The number of oxazole rings is 1. The number of carbonyl (C=O) groups is 2. The standard InChI is InChI=1S/C24H35N5O4.CH4/c1-7-18(25)15-17(22-28-20-19(32-22)10-9-11-26-20)14-16(3)21(30)27-12-13-29(8-2)23(31)33-24(4,5)6;/h9-11,14-16H,7-8,12-13,25H2,1-6H3,(H,27,30);1H4/b17-14+,18-15+;. The van der Waals surface area contributed by atoms with Gasteiger partial charge in [-0.3, -0.25) is 4.79 Å². The number of fused-ring (bicyclic) bond motifs is 1. The molecule has 2 rings (SSSR count). The van der Waals surface area contributed by atoms with Gasteiger partial charge in [0.1, 0.15) is 5.60 Å². The van der Waals surface area contributed by atoms with E-state index in [1.807, 2.05) is 34.6 Å². The number of nitrogens with one attached hydrogen (secondary N) is 1. The van der Waals surface area contributed by atoms with Crippen LogP contribution in [0, 0.1) is 5.92 Å². The minimum Gasteiger partial charge on any atom is -0.444 e. The van der Waals surface area contributed by atoms with E-state index in [-0.39, 0.29) is 13.3 Å². The van der Waals surface area contributed by atoms with Gasteiger partial charge in [0.15, 0.2) is 11.2 Å². The number of ether oxygens (including phenoxy) is 1. The number of amides is 2. The van der Waals surface area contributed by atoms with Crippen LogP contribution in [-0.4, -0.2) is 52.1 Å². The molecular formula is C25H39N5O4. The average molecular weight is 474 g/mol. The quantitative estimate of drug-likeness (QED) is 0.514. The fourth-order valence-corrected chi connectivity index (χ4v) is 2.90. The summed E-state index contributed by atoms with van der Waals surface area (Å²) in [5.74, 6) is -0.326. The largest absolute Gasteiger partial charge is 0.444 e. The Kier molecular flexibility index (Phi) is 10.8. The number of nitrogens with zero attached hydrogens (tertiary/aromatic N) is 3. The average Bonchev–Trinajstić information content (AvgIpc) is 3.18.